The number of aryl methyl sites for hydroxylation is 2. The SMILES string of the molecule is Cc1cc(C)cc(OC(=O)c2ccccc2[N+](=O)[O-])c1. The third kappa shape index (κ3) is 3.00. The van der Waals surface area contributed by atoms with Crippen LogP contribution in [0.25, 0.3) is 0 Å². The Morgan fingerprint density at radius 3 is 2.30 bits per heavy atom. The van der Waals surface area contributed by atoms with Crippen molar-refractivity contribution in [2.75, 3.05) is 0 Å². The summed E-state index contributed by atoms with van der Waals surface area (Å²) in [6.07, 6.45) is 0. The molecule has 0 unspecified atom stereocenters. The molecule has 5 nitrogen and oxygen atoms in total. The molecule has 0 aliphatic carbocycles. The van der Waals surface area contributed by atoms with E-state index in [2.05, 4.69) is 0 Å². The number of nitro benzene ring substituents is 1. The van der Waals surface area contributed by atoms with Gasteiger partial charge in [0.05, 0.1) is 4.92 Å². The van der Waals surface area contributed by atoms with Crippen LogP contribution < -0.4 is 4.74 Å². The monoisotopic (exact) mass is 271 g/mol. The number of ether oxygens (including phenoxy) is 1. The summed E-state index contributed by atoms with van der Waals surface area (Å²) in [5.74, 6) is -0.354. The molecule has 5 heteroatoms. The molecule has 0 spiro atoms. The summed E-state index contributed by atoms with van der Waals surface area (Å²) in [6, 6.07) is 11.1. The van der Waals surface area contributed by atoms with E-state index in [0.29, 0.717) is 5.75 Å². The minimum absolute atomic E-state index is 0.0586. The summed E-state index contributed by atoms with van der Waals surface area (Å²) < 4.78 is 5.21. The van der Waals surface area contributed by atoms with E-state index >= 15 is 0 Å². The smallest absolute Gasteiger partial charge is 0.350 e. The summed E-state index contributed by atoms with van der Waals surface area (Å²) >= 11 is 0. The van der Waals surface area contributed by atoms with Crippen LogP contribution in [0.1, 0.15) is 21.5 Å². The fraction of sp³-hybridized carbons (Fsp3) is 0.133. The molecule has 0 radical (unpaired) electrons. The third-order valence-corrected chi connectivity index (χ3v) is 2.73. The van der Waals surface area contributed by atoms with E-state index in [0.717, 1.165) is 11.1 Å². The van der Waals surface area contributed by atoms with Crippen LogP contribution in [-0.2, 0) is 0 Å². The van der Waals surface area contributed by atoms with Gasteiger partial charge in [-0.1, -0.05) is 18.2 Å². The molecule has 0 saturated carbocycles. The van der Waals surface area contributed by atoms with Crippen molar-refractivity contribution >= 4 is 11.7 Å². The molecule has 0 aliphatic heterocycles. The van der Waals surface area contributed by atoms with Crippen molar-refractivity contribution < 1.29 is 14.5 Å². The highest BCUT2D eigenvalue weighted by molar-refractivity contribution is 5.95. The van der Waals surface area contributed by atoms with E-state index in [1.807, 2.05) is 19.9 Å². The summed E-state index contributed by atoms with van der Waals surface area (Å²) in [5, 5.41) is 10.9. The zero-order chi connectivity index (χ0) is 14.7. The van der Waals surface area contributed by atoms with Gasteiger partial charge in [-0.15, -0.1) is 0 Å². The fourth-order valence-corrected chi connectivity index (χ4v) is 1.96. The number of nitrogens with zero attached hydrogens (tertiary/aromatic N) is 1. The Morgan fingerprint density at radius 1 is 1.10 bits per heavy atom. The van der Waals surface area contributed by atoms with Gasteiger partial charge < -0.3 is 4.74 Å². The lowest BCUT2D eigenvalue weighted by Gasteiger charge is -2.06. The molecule has 102 valence electrons. The van der Waals surface area contributed by atoms with Crippen LogP contribution in [0.3, 0.4) is 0 Å². The minimum atomic E-state index is -0.734. The van der Waals surface area contributed by atoms with E-state index in [1.165, 1.54) is 18.2 Å². The second kappa shape index (κ2) is 5.52. The fourth-order valence-electron chi connectivity index (χ4n) is 1.96. The molecule has 20 heavy (non-hydrogen) atoms. The van der Waals surface area contributed by atoms with Gasteiger partial charge in [-0.05, 0) is 43.2 Å². The number of esters is 1. The number of carbonyl (C=O) groups excluding carboxylic acids is 1. The molecule has 0 fully saturated rings. The van der Waals surface area contributed by atoms with Crippen LogP contribution in [0.15, 0.2) is 42.5 Å². The van der Waals surface area contributed by atoms with E-state index in [1.54, 1.807) is 18.2 Å². The largest absolute Gasteiger partial charge is 0.423 e. The molecule has 0 amide bonds. The van der Waals surface area contributed by atoms with Crippen molar-refractivity contribution in [3.05, 3.63) is 69.3 Å². The first-order valence-corrected chi connectivity index (χ1v) is 6.01. The van der Waals surface area contributed by atoms with Crippen LogP contribution in [0, 0.1) is 24.0 Å². The van der Waals surface area contributed by atoms with Crippen molar-refractivity contribution in [2.24, 2.45) is 0 Å². The standard InChI is InChI=1S/C15H13NO4/c1-10-7-11(2)9-12(8-10)20-15(17)13-5-3-4-6-14(13)16(18)19/h3-9H,1-2H3. The van der Waals surface area contributed by atoms with Gasteiger partial charge in [0.25, 0.3) is 5.69 Å². The summed E-state index contributed by atoms with van der Waals surface area (Å²) in [7, 11) is 0. The minimum Gasteiger partial charge on any atom is -0.423 e. The molecular formula is C15H13NO4. The molecule has 0 heterocycles. The predicted octanol–water partition coefficient (Wildman–Crippen LogP) is 3.43. The number of rotatable bonds is 3. The van der Waals surface area contributed by atoms with E-state index < -0.39 is 10.9 Å². The van der Waals surface area contributed by atoms with Crippen molar-refractivity contribution in [3.8, 4) is 5.75 Å². The molecule has 2 aromatic rings. The molecule has 2 rings (SSSR count). The van der Waals surface area contributed by atoms with E-state index in [9.17, 15) is 14.9 Å². The van der Waals surface area contributed by atoms with Crippen LogP contribution in [0.2, 0.25) is 0 Å². The zero-order valence-corrected chi connectivity index (χ0v) is 11.1. The van der Waals surface area contributed by atoms with Crippen molar-refractivity contribution in [1.82, 2.24) is 0 Å². The topological polar surface area (TPSA) is 69.4 Å². The summed E-state index contributed by atoms with van der Waals surface area (Å²) in [4.78, 5) is 22.3. The predicted molar refractivity (Wildman–Crippen MR) is 74.0 cm³/mol. The van der Waals surface area contributed by atoms with Crippen LogP contribution in [-0.4, -0.2) is 10.9 Å². The van der Waals surface area contributed by atoms with Gasteiger partial charge in [-0.3, -0.25) is 10.1 Å². The number of hydrogen-bond acceptors (Lipinski definition) is 4. The number of nitro groups is 1. The van der Waals surface area contributed by atoms with Gasteiger partial charge in [0.2, 0.25) is 0 Å². The van der Waals surface area contributed by atoms with Crippen LogP contribution in [0.5, 0.6) is 5.75 Å². The zero-order valence-electron chi connectivity index (χ0n) is 11.1. The molecule has 0 aliphatic rings. The van der Waals surface area contributed by atoms with Crippen molar-refractivity contribution in [3.63, 3.8) is 0 Å². The van der Waals surface area contributed by atoms with E-state index in [4.69, 9.17) is 4.74 Å². The van der Waals surface area contributed by atoms with Crippen LogP contribution >= 0.6 is 0 Å². The molecule has 0 N–H and O–H groups in total. The second-order valence-corrected chi connectivity index (χ2v) is 4.49. The maximum absolute atomic E-state index is 12.0. The highest BCUT2D eigenvalue weighted by Gasteiger charge is 2.21. The highest BCUT2D eigenvalue weighted by Crippen LogP contribution is 2.22. The molecule has 0 bridgehead atoms. The maximum atomic E-state index is 12.0. The Kier molecular flexibility index (Phi) is 3.79. The Morgan fingerprint density at radius 2 is 1.70 bits per heavy atom. The number of benzene rings is 2. The first-order valence-electron chi connectivity index (χ1n) is 6.01. The number of hydrogen-bond donors (Lipinski definition) is 0. The molecule has 0 saturated heterocycles. The Hall–Kier alpha value is -2.69. The first kappa shape index (κ1) is 13.7. The highest BCUT2D eigenvalue weighted by atomic mass is 16.6. The first-order chi connectivity index (χ1) is 9.47. The third-order valence-electron chi connectivity index (χ3n) is 2.73. The molecular weight excluding hydrogens is 258 g/mol. The Labute approximate surface area is 116 Å². The summed E-state index contributed by atoms with van der Waals surface area (Å²) in [6.45, 7) is 3.77. The van der Waals surface area contributed by atoms with Gasteiger partial charge in [0, 0.05) is 6.07 Å². The average molecular weight is 271 g/mol. The van der Waals surface area contributed by atoms with Gasteiger partial charge in [0.15, 0.2) is 0 Å². The molecule has 2 aromatic carbocycles. The Balaban J connectivity index is 2.31. The average Bonchev–Trinajstić information content (AvgIpc) is 2.37. The normalized spacial score (nSPS) is 10.1. The Bertz CT molecular complexity index is 659. The lowest BCUT2D eigenvalue weighted by molar-refractivity contribution is -0.385. The summed E-state index contributed by atoms with van der Waals surface area (Å²) in [5.41, 5.74) is 1.59. The van der Waals surface area contributed by atoms with Crippen molar-refractivity contribution in [2.45, 2.75) is 13.8 Å². The lowest BCUT2D eigenvalue weighted by Crippen LogP contribution is -2.11. The lowest BCUT2D eigenvalue weighted by atomic mass is 10.1. The van der Waals surface area contributed by atoms with Crippen LogP contribution in [0.4, 0.5) is 5.69 Å². The van der Waals surface area contributed by atoms with Gasteiger partial charge >= 0.3 is 5.97 Å². The maximum Gasteiger partial charge on any atom is 0.350 e. The van der Waals surface area contributed by atoms with E-state index in [-0.39, 0.29) is 11.3 Å². The quantitative estimate of drug-likeness (QED) is 0.371. The second-order valence-electron chi connectivity index (χ2n) is 4.49. The number of carbonyl (C=O) groups is 1. The van der Waals surface area contributed by atoms with Gasteiger partial charge in [0.1, 0.15) is 11.3 Å². The van der Waals surface area contributed by atoms with Gasteiger partial charge in [-0.2, -0.15) is 0 Å². The number of para-hydroxylation sites is 1. The van der Waals surface area contributed by atoms with Crippen molar-refractivity contribution in [1.29, 1.82) is 0 Å². The van der Waals surface area contributed by atoms with Gasteiger partial charge in [-0.25, -0.2) is 4.79 Å². The molecule has 0 atom stereocenters. The molecule has 0 aromatic heterocycles.